The van der Waals surface area contributed by atoms with E-state index < -0.39 is 17.5 Å². The molecule has 0 saturated carbocycles. The zero-order valence-corrected chi connectivity index (χ0v) is 12.9. The van der Waals surface area contributed by atoms with Gasteiger partial charge in [0.15, 0.2) is 6.61 Å². The van der Waals surface area contributed by atoms with Crippen LogP contribution in [0.3, 0.4) is 0 Å². The second-order valence-corrected chi connectivity index (χ2v) is 4.77. The Bertz CT molecular complexity index is 766. The number of hydrogen-bond donors (Lipinski definition) is 0. The molecule has 1 aromatic carbocycles. The molecule has 0 aliphatic carbocycles. The lowest BCUT2D eigenvalue weighted by molar-refractivity contribution is -0.148. The fourth-order valence-corrected chi connectivity index (χ4v) is 1.94. The summed E-state index contributed by atoms with van der Waals surface area (Å²) >= 11 is 0. The third-order valence-electron chi connectivity index (χ3n) is 3.06. The maximum atomic E-state index is 12.0. The van der Waals surface area contributed by atoms with Crippen LogP contribution in [0.4, 0.5) is 0 Å². The highest BCUT2D eigenvalue weighted by molar-refractivity contribution is 5.85. The van der Waals surface area contributed by atoms with Crippen molar-refractivity contribution >= 4 is 22.8 Å². The molecule has 2 aromatic rings. The van der Waals surface area contributed by atoms with Crippen LogP contribution in [0.15, 0.2) is 39.5 Å². The molecule has 0 saturated heterocycles. The van der Waals surface area contributed by atoms with Crippen molar-refractivity contribution in [3.05, 3.63) is 40.8 Å². The number of esters is 1. The fourth-order valence-electron chi connectivity index (χ4n) is 1.94. The Morgan fingerprint density at radius 1 is 1.26 bits per heavy atom. The van der Waals surface area contributed by atoms with Gasteiger partial charge in [0.2, 0.25) is 0 Å². The van der Waals surface area contributed by atoms with Crippen molar-refractivity contribution in [3.63, 3.8) is 0 Å². The van der Waals surface area contributed by atoms with Gasteiger partial charge in [-0.15, -0.1) is 0 Å². The Morgan fingerprint density at radius 3 is 2.74 bits per heavy atom. The highest BCUT2D eigenvalue weighted by Gasteiger charge is 2.15. The number of nitrogens with zero attached hydrogens (tertiary/aromatic N) is 1. The zero-order valence-electron chi connectivity index (χ0n) is 12.9. The van der Waals surface area contributed by atoms with Crippen LogP contribution in [0.5, 0.6) is 5.75 Å². The van der Waals surface area contributed by atoms with Gasteiger partial charge in [-0.05, 0) is 19.1 Å². The number of para-hydroxylation sites is 1. The summed E-state index contributed by atoms with van der Waals surface area (Å²) in [7, 11) is 1.47. The Labute approximate surface area is 132 Å². The van der Waals surface area contributed by atoms with E-state index in [-0.39, 0.29) is 25.5 Å². The number of likely N-dealkylation sites (N-methyl/N-ethyl adjacent to an activating group) is 1. The highest BCUT2D eigenvalue weighted by atomic mass is 16.5. The first-order valence-corrected chi connectivity index (χ1v) is 7.06. The third-order valence-corrected chi connectivity index (χ3v) is 3.06. The van der Waals surface area contributed by atoms with Crippen LogP contribution in [0, 0.1) is 0 Å². The molecule has 1 aromatic heterocycles. The number of rotatable bonds is 6. The van der Waals surface area contributed by atoms with Gasteiger partial charge in [-0.3, -0.25) is 9.59 Å². The monoisotopic (exact) mass is 319 g/mol. The van der Waals surface area contributed by atoms with Crippen molar-refractivity contribution in [2.75, 3.05) is 26.8 Å². The molecular weight excluding hydrogens is 302 g/mol. The van der Waals surface area contributed by atoms with E-state index in [0.29, 0.717) is 11.0 Å². The number of amides is 1. The largest absolute Gasteiger partial charge is 0.483 e. The van der Waals surface area contributed by atoms with E-state index in [1.807, 2.05) is 0 Å². The Kier molecular flexibility index (Phi) is 5.35. The highest BCUT2D eigenvalue weighted by Crippen LogP contribution is 2.23. The molecule has 23 heavy (non-hydrogen) atoms. The average Bonchev–Trinajstić information content (AvgIpc) is 2.52. The van der Waals surface area contributed by atoms with Gasteiger partial charge in [0, 0.05) is 7.05 Å². The molecule has 0 N–H and O–H groups in total. The van der Waals surface area contributed by atoms with Crippen LogP contribution in [-0.2, 0) is 14.3 Å². The van der Waals surface area contributed by atoms with Gasteiger partial charge in [-0.2, -0.15) is 0 Å². The standard InChI is InChI=1S/C16H17NO6/c1-3-21-16(20)9-17(2)14(18)10-22-13-8-15(19)23-12-7-5-4-6-11(12)13/h4-8H,3,9-10H2,1-2H3. The summed E-state index contributed by atoms with van der Waals surface area (Å²) < 4.78 is 15.2. The molecule has 0 spiro atoms. The number of carbonyl (C=O) groups is 2. The van der Waals surface area contributed by atoms with Gasteiger partial charge in [0.05, 0.1) is 18.1 Å². The van der Waals surface area contributed by atoms with Crippen molar-refractivity contribution in [2.45, 2.75) is 6.92 Å². The summed E-state index contributed by atoms with van der Waals surface area (Å²) in [5, 5.41) is 0.591. The lowest BCUT2D eigenvalue weighted by atomic mass is 10.2. The summed E-state index contributed by atoms with van der Waals surface area (Å²) in [4.78, 5) is 36.0. The van der Waals surface area contributed by atoms with Crippen LogP contribution in [0.1, 0.15) is 6.92 Å². The molecule has 0 aliphatic heterocycles. The maximum absolute atomic E-state index is 12.0. The molecule has 1 amide bonds. The van der Waals surface area contributed by atoms with E-state index in [1.54, 1.807) is 31.2 Å². The van der Waals surface area contributed by atoms with Gasteiger partial charge in [-0.25, -0.2) is 4.79 Å². The number of hydrogen-bond acceptors (Lipinski definition) is 6. The van der Waals surface area contributed by atoms with E-state index in [9.17, 15) is 14.4 Å². The number of carbonyl (C=O) groups excluding carboxylic acids is 2. The Balaban J connectivity index is 2.04. The topological polar surface area (TPSA) is 86.0 Å². The first-order chi connectivity index (χ1) is 11.0. The molecule has 0 fully saturated rings. The second-order valence-electron chi connectivity index (χ2n) is 4.77. The van der Waals surface area contributed by atoms with Crippen LogP contribution in [0.2, 0.25) is 0 Å². The number of benzene rings is 1. The molecule has 0 radical (unpaired) electrons. The van der Waals surface area contributed by atoms with E-state index in [0.717, 1.165) is 0 Å². The molecule has 2 rings (SSSR count). The lowest BCUT2D eigenvalue weighted by Crippen LogP contribution is -2.36. The van der Waals surface area contributed by atoms with Gasteiger partial charge in [0.25, 0.3) is 5.91 Å². The van der Waals surface area contributed by atoms with Gasteiger partial charge in [-0.1, -0.05) is 12.1 Å². The van der Waals surface area contributed by atoms with Crippen LogP contribution >= 0.6 is 0 Å². The summed E-state index contributed by atoms with van der Waals surface area (Å²) in [5.74, 6) is -0.640. The number of fused-ring (bicyclic) bond motifs is 1. The summed E-state index contributed by atoms with van der Waals surface area (Å²) in [6.45, 7) is 1.48. The molecule has 7 heteroatoms. The minimum atomic E-state index is -0.564. The van der Waals surface area contributed by atoms with E-state index in [1.165, 1.54) is 18.0 Å². The quantitative estimate of drug-likeness (QED) is 0.587. The van der Waals surface area contributed by atoms with Gasteiger partial charge < -0.3 is 18.8 Å². The Morgan fingerprint density at radius 2 is 2.00 bits per heavy atom. The maximum Gasteiger partial charge on any atom is 0.339 e. The molecule has 122 valence electrons. The zero-order chi connectivity index (χ0) is 16.8. The third kappa shape index (κ3) is 4.32. The van der Waals surface area contributed by atoms with Crippen molar-refractivity contribution < 1.29 is 23.5 Å². The predicted molar refractivity (Wildman–Crippen MR) is 82.2 cm³/mol. The molecule has 1 heterocycles. The second kappa shape index (κ2) is 7.44. The molecule has 7 nitrogen and oxygen atoms in total. The van der Waals surface area contributed by atoms with E-state index in [2.05, 4.69) is 0 Å². The fraction of sp³-hybridized carbons (Fsp3) is 0.312. The smallest absolute Gasteiger partial charge is 0.339 e. The molecule has 0 unspecified atom stereocenters. The summed E-state index contributed by atoms with van der Waals surface area (Å²) in [6.07, 6.45) is 0. The van der Waals surface area contributed by atoms with Crippen molar-refractivity contribution in [3.8, 4) is 5.75 Å². The average molecular weight is 319 g/mol. The van der Waals surface area contributed by atoms with Gasteiger partial charge >= 0.3 is 11.6 Å². The minimum Gasteiger partial charge on any atom is -0.483 e. The van der Waals surface area contributed by atoms with Crippen molar-refractivity contribution in [1.29, 1.82) is 0 Å². The first-order valence-electron chi connectivity index (χ1n) is 7.06. The molecule has 0 atom stereocenters. The van der Waals surface area contributed by atoms with E-state index in [4.69, 9.17) is 13.9 Å². The lowest BCUT2D eigenvalue weighted by Gasteiger charge is -2.16. The van der Waals surface area contributed by atoms with Crippen LogP contribution < -0.4 is 10.4 Å². The molecule has 0 bridgehead atoms. The summed E-state index contributed by atoms with van der Waals surface area (Å²) in [6, 6.07) is 8.04. The van der Waals surface area contributed by atoms with Crippen LogP contribution in [0.25, 0.3) is 11.0 Å². The molecular formula is C16H17NO6. The first kappa shape index (κ1) is 16.5. The van der Waals surface area contributed by atoms with Crippen molar-refractivity contribution in [1.82, 2.24) is 4.90 Å². The predicted octanol–water partition coefficient (Wildman–Crippen LogP) is 1.19. The van der Waals surface area contributed by atoms with E-state index >= 15 is 0 Å². The van der Waals surface area contributed by atoms with Crippen molar-refractivity contribution in [2.24, 2.45) is 0 Å². The number of ether oxygens (including phenoxy) is 2. The van der Waals surface area contributed by atoms with Crippen LogP contribution in [-0.4, -0.2) is 43.6 Å². The summed E-state index contributed by atoms with van der Waals surface area (Å²) in [5.41, 5.74) is -0.187. The minimum absolute atomic E-state index is 0.159. The normalized spacial score (nSPS) is 10.3. The SMILES string of the molecule is CCOC(=O)CN(C)C(=O)COc1cc(=O)oc2ccccc12. The van der Waals surface area contributed by atoms with Gasteiger partial charge in [0.1, 0.15) is 17.9 Å². The Hall–Kier alpha value is -2.83. The molecule has 0 aliphatic rings.